The van der Waals surface area contributed by atoms with Gasteiger partial charge in [-0.2, -0.15) is 0 Å². The van der Waals surface area contributed by atoms with Crippen LogP contribution in [-0.4, -0.2) is 46.8 Å². The number of aromatic nitrogens is 1. The Labute approximate surface area is 199 Å². The molecule has 0 radical (unpaired) electrons. The molecule has 0 spiro atoms. The van der Waals surface area contributed by atoms with Gasteiger partial charge in [0, 0.05) is 29.4 Å². The average Bonchev–Trinajstić information content (AvgIpc) is 2.83. The lowest BCUT2D eigenvalue weighted by Crippen LogP contribution is -2.45. The Morgan fingerprint density at radius 2 is 1.91 bits per heavy atom. The summed E-state index contributed by atoms with van der Waals surface area (Å²) in [4.78, 5) is 44.1. The highest BCUT2D eigenvalue weighted by Gasteiger charge is 2.29. The van der Waals surface area contributed by atoms with Crippen molar-refractivity contribution in [3.63, 3.8) is 0 Å². The second-order valence-electron chi connectivity index (χ2n) is 8.62. The van der Waals surface area contributed by atoms with Gasteiger partial charge in [-0.25, -0.2) is 0 Å². The summed E-state index contributed by atoms with van der Waals surface area (Å²) in [7, 11) is 1.53. The number of hydrogen-bond donors (Lipinski definition) is 1. The first-order valence-corrected chi connectivity index (χ1v) is 11.9. The van der Waals surface area contributed by atoms with E-state index in [2.05, 4.69) is 4.98 Å². The Morgan fingerprint density at radius 3 is 2.52 bits per heavy atom. The van der Waals surface area contributed by atoms with Gasteiger partial charge in [-0.15, -0.1) is 11.6 Å². The zero-order chi connectivity index (χ0) is 24.0. The van der Waals surface area contributed by atoms with Crippen molar-refractivity contribution in [2.75, 3.05) is 17.9 Å². The lowest BCUT2D eigenvalue weighted by molar-refractivity contribution is -0.116. The van der Waals surface area contributed by atoms with Crippen LogP contribution in [0.25, 0.3) is 0 Å². The topological polar surface area (TPSA) is 82.7 Å². The molecule has 0 bridgehead atoms. The number of hydrogen-bond acceptors (Lipinski definition) is 4. The van der Waals surface area contributed by atoms with Crippen LogP contribution in [0, 0.1) is 0 Å². The van der Waals surface area contributed by atoms with Gasteiger partial charge in [-0.05, 0) is 51.0 Å². The minimum Gasteiger partial charge on any atom is -0.496 e. The molecule has 0 aliphatic heterocycles. The molecule has 0 saturated heterocycles. The zero-order valence-corrected chi connectivity index (χ0v) is 20.2. The Bertz CT molecular complexity index is 1030. The van der Waals surface area contributed by atoms with E-state index < -0.39 is 5.91 Å². The second-order valence-corrected chi connectivity index (χ2v) is 8.89. The van der Waals surface area contributed by atoms with Crippen LogP contribution in [0.15, 0.2) is 41.3 Å². The summed E-state index contributed by atoms with van der Waals surface area (Å²) < 4.78 is 5.57. The molecular weight excluding hydrogens is 442 g/mol. The molecule has 178 valence electrons. The molecule has 1 aliphatic rings. The van der Waals surface area contributed by atoms with Crippen LogP contribution < -0.4 is 15.2 Å². The van der Waals surface area contributed by atoms with Gasteiger partial charge >= 0.3 is 0 Å². The number of alkyl halides is 1. The minimum atomic E-state index is -0.404. The summed E-state index contributed by atoms with van der Waals surface area (Å²) in [6.07, 6.45) is 7.07. The summed E-state index contributed by atoms with van der Waals surface area (Å²) in [5.41, 5.74) is 1.03. The maximum Gasteiger partial charge on any atom is 0.271 e. The fourth-order valence-electron chi connectivity index (χ4n) is 4.51. The number of ether oxygens (including phenoxy) is 1. The highest BCUT2D eigenvalue weighted by molar-refractivity contribution is 6.29. The Morgan fingerprint density at radius 1 is 1.18 bits per heavy atom. The third kappa shape index (κ3) is 5.77. The number of nitrogens with zero attached hydrogens (tertiary/aromatic N) is 2. The van der Waals surface area contributed by atoms with Gasteiger partial charge in [-0.1, -0.05) is 25.3 Å². The number of carbonyl (C=O) groups is 2. The molecule has 0 atom stereocenters. The fraction of sp³-hybridized carbons (Fsp3) is 0.480. The van der Waals surface area contributed by atoms with Gasteiger partial charge in [0.2, 0.25) is 5.91 Å². The van der Waals surface area contributed by atoms with E-state index in [1.54, 1.807) is 30.3 Å². The number of methoxy groups -OCH3 is 1. The van der Waals surface area contributed by atoms with Crippen molar-refractivity contribution in [2.24, 2.45) is 0 Å². The summed E-state index contributed by atoms with van der Waals surface area (Å²) in [6, 6.07) is 8.81. The first kappa shape index (κ1) is 24.8. The van der Waals surface area contributed by atoms with Crippen LogP contribution in [-0.2, 0) is 11.3 Å². The van der Waals surface area contributed by atoms with Gasteiger partial charge in [0.1, 0.15) is 17.3 Å². The highest BCUT2D eigenvalue weighted by atomic mass is 35.5. The molecule has 8 heteroatoms. The number of amides is 2. The molecule has 1 saturated carbocycles. The number of H-pyrrole nitrogens is 1. The maximum atomic E-state index is 13.5. The number of carbonyl (C=O) groups excluding carboxylic acids is 2. The summed E-state index contributed by atoms with van der Waals surface area (Å²) in [5.74, 6) is -0.209. The molecule has 1 aromatic heterocycles. The van der Waals surface area contributed by atoms with Gasteiger partial charge in [-0.3, -0.25) is 14.4 Å². The summed E-state index contributed by atoms with van der Waals surface area (Å²) >= 11 is 5.81. The van der Waals surface area contributed by atoms with Crippen molar-refractivity contribution >= 4 is 29.1 Å². The predicted molar refractivity (Wildman–Crippen MR) is 130 cm³/mol. The Hall–Kier alpha value is -2.80. The van der Waals surface area contributed by atoms with Crippen molar-refractivity contribution in [3.8, 4) is 5.75 Å². The van der Waals surface area contributed by atoms with E-state index in [1.165, 1.54) is 24.6 Å². The quantitative estimate of drug-likeness (QED) is 0.578. The fourth-order valence-corrected chi connectivity index (χ4v) is 4.66. The van der Waals surface area contributed by atoms with E-state index in [0.29, 0.717) is 16.9 Å². The van der Waals surface area contributed by atoms with Crippen LogP contribution in [0.5, 0.6) is 5.75 Å². The van der Waals surface area contributed by atoms with Crippen LogP contribution in [0.2, 0.25) is 0 Å². The van der Waals surface area contributed by atoms with Crippen molar-refractivity contribution in [3.05, 3.63) is 58.0 Å². The van der Waals surface area contributed by atoms with Gasteiger partial charge in [0.05, 0.1) is 13.7 Å². The van der Waals surface area contributed by atoms with Crippen molar-refractivity contribution in [2.45, 2.75) is 64.6 Å². The van der Waals surface area contributed by atoms with Crippen LogP contribution in [0.4, 0.5) is 5.69 Å². The van der Waals surface area contributed by atoms with E-state index in [1.807, 2.05) is 18.7 Å². The van der Waals surface area contributed by atoms with Crippen LogP contribution in [0.1, 0.15) is 61.9 Å². The second kappa shape index (κ2) is 11.4. The SMILES string of the molecule is COc1cc(C(=O)N(C(C)C)C2CCCCC2)ccc1CN(C(=O)CCl)c1ccc[nH]c1=O. The van der Waals surface area contributed by atoms with E-state index in [9.17, 15) is 14.4 Å². The van der Waals surface area contributed by atoms with E-state index in [0.717, 1.165) is 25.7 Å². The molecule has 1 aromatic carbocycles. The number of pyridine rings is 1. The zero-order valence-electron chi connectivity index (χ0n) is 19.5. The summed E-state index contributed by atoms with van der Waals surface area (Å²) in [6.45, 7) is 4.18. The molecule has 1 fully saturated rings. The predicted octanol–water partition coefficient (Wildman–Crippen LogP) is 4.34. The third-order valence-corrected chi connectivity index (χ3v) is 6.35. The van der Waals surface area contributed by atoms with E-state index in [4.69, 9.17) is 16.3 Å². The molecule has 33 heavy (non-hydrogen) atoms. The monoisotopic (exact) mass is 473 g/mol. The smallest absolute Gasteiger partial charge is 0.271 e. The molecule has 3 rings (SSSR count). The Kier molecular flexibility index (Phi) is 8.55. The maximum absolute atomic E-state index is 13.5. The largest absolute Gasteiger partial charge is 0.496 e. The highest BCUT2D eigenvalue weighted by Crippen LogP contribution is 2.28. The van der Waals surface area contributed by atoms with Crippen LogP contribution >= 0.6 is 11.6 Å². The average molecular weight is 474 g/mol. The minimum absolute atomic E-state index is 0.0186. The third-order valence-electron chi connectivity index (χ3n) is 6.12. The van der Waals surface area contributed by atoms with E-state index >= 15 is 0 Å². The molecule has 1 heterocycles. The molecule has 1 aliphatic carbocycles. The Balaban J connectivity index is 1.91. The lowest BCUT2D eigenvalue weighted by atomic mass is 9.92. The number of aromatic amines is 1. The molecule has 2 aromatic rings. The van der Waals surface area contributed by atoms with Crippen molar-refractivity contribution < 1.29 is 14.3 Å². The number of halogens is 1. The first-order chi connectivity index (χ1) is 15.9. The molecule has 1 N–H and O–H groups in total. The van der Waals surface area contributed by atoms with Gasteiger partial charge in [0.15, 0.2) is 0 Å². The number of rotatable bonds is 8. The van der Waals surface area contributed by atoms with Gasteiger partial charge < -0.3 is 19.5 Å². The van der Waals surface area contributed by atoms with Crippen molar-refractivity contribution in [1.29, 1.82) is 0 Å². The summed E-state index contributed by atoms with van der Waals surface area (Å²) in [5, 5.41) is 0. The van der Waals surface area contributed by atoms with E-state index in [-0.39, 0.29) is 41.7 Å². The number of benzene rings is 1. The standard InChI is InChI=1S/C25H32ClN3O4/c1-17(2)29(20-8-5-4-6-9-20)25(32)18-11-12-19(22(14-18)33-3)16-28(23(30)15-26)21-10-7-13-27-24(21)31/h7,10-14,17,20H,4-6,8-9,15-16H2,1-3H3,(H,27,31). The van der Waals surface area contributed by atoms with Gasteiger partial charge in [0.25, 0.3) is 11.5 Å². The molecule has 2 amide bonds. The van der Waals surface area contributed by atoms with Crippen LogP contribution in [0.3, 0.4) is 0 Å². The lowest BCUT2D eigenvalue weighted by Gasteiger charge is -2.37. The molecule has 7 nitrogen and oxygen atoms in total. The normalized spacial score (nSPS) is 14.2. The first-order valence-electron chi connectivity index (χ1n) is 11.4. The molecule has 0 unspecified atom stereocenters. The van der Waals surface area contributed by atoms with Crippen molar-refractivity contribution in [1.82, 2.24) is 9.88 Å². The molecular formula is C25H32ClN3O4. The number of anilines is 1. The number of nitrogens with one attached hydrogen (secondary N) is 1.